The average molecular weight is 375 g/mol. The molecule has 0 aliphatic carbocycles. The molecule has 1 atom stereocenters. The van der Waals surface area contributed by atoms with Crippen LogP contribution >= 0.6 is 0 Å². The van der Waals surface area contributed by atoms with Gasteiger partial charge >= 0.3 is 0 Å². The Morgan fingerprint density at radius 3 is 2.46 bits per heavy atom. The van der Waals surface area contributed by atoms with E-state index in [9.17, 15) is 4.79 Å². The summed E-state index contributed by atoms with van der Waals surface area (Å²) in [6.45, 7) is 2.11. The minimum Gasteiger partial charge on any atom is -0.484 e. The lowest BCUT2D eigenvalue weighted by Crippen LogP contribution is -2.31. The maximum Gasteiger partial charge on any atom is 0.258 e. The predicted octanol–water partition coefficient (Wildman–Crippen LogP) is 4.34. The number of hydrogen-bond acceptors (Lipinski definition) is 4. The summed E-state index contributed by atoms with van der Waals surface area (Å²) in [5.41, 5.74) is 3.20. The van der Waals surface area contributed by atoms with E-state index in [0.717, 1.165) is 22.4 Å². The lowest BCUT2D eigenvalue weighted by molar-refractivity contribution is -0.123. The van der Waals surface area contributed by atoms with Gasteiger partial charge in [-0.25, -0.2) is 0 Å². The molecule has 28 heavy (non-hydrogen) atoms. The van der Waals surface area contributed by atoms with Crippen LogP contribution in [0.5, 0.6) is 17.2 Å². The van der Waals surface area contributed by atoms with Gasteiger partial charge in [0.15, 0.2) is 18.1 Å². The van der Waals surface area contributed by atoms with E-state index in [0.29, 0.717) is 11.5 Å². The zero-order valence-corrected chi connectivity index (χ0v) is 15.6. The minimum absolute atomic E-state index is 0.0421. The Labute approximate surface area is 163 Å². The second kappa shape index (κ2) is 8.05. The topological polar surface area (TPSA) is 56.8 Å². The quantitative estimate of drug-likeness (QED) is 0.696. The molecule has 0 aromatic heterocycles. The Hall–Kier alpha value is -3.47. The number of benzene rings is 3. The first-order valence-electron chi connectivity index (χ1n) is 9.16. The molecule has 3 aromatic rings. The third kappa shape index (κ3) is 4.09. The van der Waals surface area contributed by atoms with Crippen LogP contribution in [0.2, 0.25) is 0 Å². The fourth-order valence-corrected chi connectivity index (χ4v) is 3.07. The van der Waals surface area contributed by atoms with Crippen molar-refractivity contribution in [1.82, 2.24) is 5.32 Å². The van der Waals surface area contributed by atoms with Crippen molar-refractivity contribution < 1.29 is 19.0 Å². The van der Waals surface area contributed by atoms with Crippen LogP contribution in [0.1, 0.15) is 18.5 Å². The molecule has 1 N–H and O–H groups in total. The van der Waals surface area contributed by atoms with Crippen molar-refractivity contribution in [2.45, 2.75) is 13.0 Å². The molecular weight excluding hydrogens is 354 g/mol. The number of fused-ring (bicyclic) bond motifs is 1. The number of ether oxygens (including phenoxy) is 3. The van der Waals surface area contributed by atoms with E-state index in [2.05, 4.69) is 17.4 Å². The van der Waals surface area contributed by atoms with Gasteiger partial charge in [-0.2, -0.15) is 0 Å². The van der Waals surface area contributed by atoms with Gasteiger partial charge in [0.25, 0.3) is 5.91 Å². The lowest BCUT2D eigenvalue weighted by Gasteiger charge is -2.15. The summed E-state index contributed by atoms with van der Waals surface area (Å²) in [7, 11) is 0. The molecule has 0 unspecified atom stereocenters. The monoisotopic (exact) mass is 375 g/mol. The van der Waals surface area contributed by atoms with Crippen LogP contribution in [-0.4, -0.2) is 19.3 Å². The standard InChI is InChI=1S/C23H21NO4/c1-16(19-9-12-21-22(13-19)28-15-27-21)24-23(25)14-26-20-10-7-18(8-11-20)17-5-3-2-4-6-17/h2-13,16H,14-15H2,1H3,(H,24,25)/t16-/m1/s1. The van der Waals surface area contributed by atoms with Crippen molar-refractivity contribution in [2.24, 2.45) is 0 Å². The molecule has 4 rings (SSSR count). The zero-order chi connectivity index (χ0) is 19.3. The Kier molecular flexibility index (Phi) is 5.15. The number of hydrogen-bond donors (Lipinski definition) is 1. The van der Waals surface area contributed by atoms with Crippen molar-refractivity contribution in [3.8, 4) is 28.4 Å². The Morgan fingerprint density at radius 2 is 1.68 bits per heavy atom. The Balaban J connectivity index is 1.30. The summed E-state index contributed by atoms with van der Waals surface area (Å²) in [6, 6.07) is 23.3. The fraction of sp³-hybridized carbons (Fsp3) is 0.174. The highest BCUT2D eigenvalue weighted by Gasteiger charge is 2.17. The van der Waals surface area contributed by atoms with Crippen molar-refractivity contribution in [2.75, 3.05) is 13.4 Å². The first kappa shape index (κ1) is 17.9. The van der Waals surface area contributed by atoms with Gasteiger partial charge in [-0.1, -0.05) is 48.5 Å². The molecule has 0 radical (unpaired) electrons. The first-order chi connectivity index (χ1) is 13.7. The molecule has 1 aliphatic rings. The van der Waals surface area contributed by atoms with E-state index in [-0.39, 0.29) is 25.3 Å². The molecule has 1 heterocycles. The van der Waals surface area contributed by atoms with Crippen LogP contribution < -0.4 is 19.5 Å². The molecule has 0 saturated carbocycles. The molecule has 3 aromatic carbocycles. The van der Waals surface area contributed by atoms with Crippen molar-refractivity contribution in [1.29, 1.82) is 0 Å². The number of amides is 1. The molecule has 1 aliphatic heterocycles. The number of nitrogens with one attached hydrogen (secondary N) is 1. The molecule has 0 fully saturated rings. The van der Waals surface area contributed by atoms with Crippen LogP contribution in [0.3, 0.4) is 0 Å². The van der Waals surface area contributed by atoms with Gasteiger partial charge in [0.2, 0.25) is 6.79 Å². The number of carbonyl (C=O) groups is 1. The third-order valence-electron chi connectivity index (χ3n) is 4.61. The van der Waals surface area contributed by atoms with Crippen molar-refractivity contribution >= 4 is 5.91 Å². The maximum atomic E-state index is 12.2. The summed E-state index contributed by atoms with van der Waals surface area (Å²) in [6.07, 6.45) is 0. The van der Waals surface area contributed by atoms with Crippen molar-refractivity contribution in [3.63, 3.8) is 0 Å². The predicted molar refractivity (Wildman–Crippen MR) is 106 cm³/mol. The first-order valence-corrected chi connectivity index (χ1v) is 9.16. The second-order valence-corrected chi connectivity index (χ2v) is 6.58. The van der Waals surface area contributed by atoms with Gasteiger partial charge in [0, 0.05) is 0 Å². The molecular formula is C23H21NO4. The van der Waals surface area contributed by atoms with Gasteiger partial charge in [-0.3, -0.25) is 4.79 Å². The van der Waals surface area contributed by atoms with E-state index in [1.165, 1.54) is 0 Å². The molecule has 142 valence electrons. The molecule has 0 spiro atoms. The highest BCUT2D eigenvalue weighted by atomic mass is 16.7. The summed E-state index contributed by atoms with van der Waals surface area (Å²) < 4.78 is 16.3. The van der Waals surface area contributed by atoms with E-state index < -0.39 is 0 Å². The molecule has 1 amide bonds. The van der Waals surface area contributed by atoms with Gasteiger partial charge in [-0.15, -0.1) is 0 Å². The van der Waals surface area contributed by atoms with Gasteiger partial charge in [0.05, 0.1) is 6.04 Å². The summed E-state index contributed by atoms with van der Waals surface area (Å²) in [5, 5.41) is 2.93. The van der Waals surface area contributed by atoms with Gasteiger partial charge in [0.1, 0.15) is 5.75 Å². The third-order valence-corrected chi connectivity index (χ3v) is 4.61. The van der Waals surface area contributed by atoms with Crippen molar-refractivity contribution in [3.05, 3.63) is 78.4 Å². The fourth-order valence-electron chi connectivity index (χ4n) is 3.07. The smallest absolute Gasteiger partial charge is 0.258 e. The van der Waals surface area contributed by atoms with E-state index in [1.54, 1.807) is 0 Å². The number of carbonyl (C=O) groups excluding carboxylic acids is 1. The number of rotatable bonds is 6. The maximum absolute atomic E-state index is 12.2. The molecule has 0 bridgehead atoms. The average Bonchev–Trinajstić information content (AvgIpc) is 3.21. The minimum atomic E-state index is -0.183. The van der Waals surface area contributed by atoms with E-state index >= 15 is 0 Å². The van der Waals surface area contributed by atoms with E-state index in [4.69, 9.17) is 14.2 Å². The molecule has 5 heteroatoms. The molecule has 5 nitrogen and oxygen atoms in total. The highest BCUT2D eigenvalue weighted by molar-refractivity contribution is 5.78. The summed E-state index contributed by atoms with van der Waals surface area (Å²) >= 11 is 0. The summed E-state index contributed by atoms with van der Waals surface area (Å²) in [5.74, 6) is 1.90. The van der Waals surface area contributed by atoms with Crippen LogP contribution in [0.4, 0.5) is 0 Å². The second-order valence-electron chi connectivity index (χ2n) is 6.58. The molecule has 0 saturated heterocycles. The zero-order valence-electron chi connectivity index (χ0n) is 15.6. The van der Waals surface area contributed by atoms with Gasteiger partial charge in [-0.05, 0) is 47.9 Å². The summed E-state index contributed by atoms with van der Waals surface area (Å²) in [4.78, 5) is 12.2. The van der Waals surface area contributed by atoms with Crippen LogP contribution in [0.25, 0.3) is 11.1 Å². The van der Waals surface area contributed by atoms with E-state index in [1.807, 2.05) is 67.6 Å². The largest absolute Gasteiger partial charge is 0.484 e. The van der Waals surface area contributed by atoms with Crippen LogP contribution in [0, 0.1) is 0 Å². The Bertz CT molecular complexity index is 954. The lowest BCUT2D eigenvalue weighted by atomic mass is 10.1. The normalized spacial score (nSPS) is 13.0. The SMILES string of the molecule is C[C@@H](NC(=O)COc1ccc(-c2ccccc2)cc1)c1ccc2c(c1)OCO2. The van der Waals surface area contributed by atoms with Gasteiger partial charge < -0.3 is 19.5 Å². The Morgan fingerprint density at radius 1 is 0.964 bits per heavy atom. The van der Waals surface area contributed by atoms with Crippen LogP contribution in [0.15, 0.2) is 72.8 Å². The van der Waals surface area contributed by atoms with Crippen LogP contribution in [-0.2, 0) is 4.79 Å². The highest BCUT2D eigenvalue weighted by Crippen LogP contribution is 2.34.